The number of carbonyl (C=O) groups is 1. The third kappa shape index (κ3) is 8.49. The molecular weight excluding hydrogens is 638 g/mol. The van der Waals surface area contributed by atoms with Crippen molar-refractivity contribution in [3.8, 4) is 23.0 Å². The van der Waals surface area contributed by atoms with Gasteiger partial charge in [-0.25, -0.2) is 0 Å². The number of carbonyl (C=O) groups excluding carboxylic acids is 1. The van der Waals surface area contributed by atoms with Gasteiger partial charge in [0.2, 0.25) is 5.91 Å². The maximum atomic E-state index is 14.6. The Morgan fingerprint density at radius 2 is 1.37 bits per heavy atom. The van der Waals surface area contributed by atoms with E-state index in [9.17, 15) is 4.79 Å². The van der Waals surface area contributed by atoms with Crippen LogP contribution in [-0.4, -0.2) is 85.8 Å². The molecule has 2 atom stereocenters. The molecule has 3 heterocycles. The van der Waals surface area contributed by atoms with Crippen LogP contribution in [0, 0.1) is 11.3 Å². The third-order valence-corrected chi connectivity index (χ3v) is 11.0. The molecule has 0 aromatic heterocycles. The first kappa shape index (κ1) is 37.0. The van der Waals surface area contributed by atoms with Crippen molar-refractivity contribution in [3.05, 3.63) is 82.9 Å². The number of ether oxygens (including phenoxy) is 4. The van der Waals surface area contributed by atoms with E-state index in [4.69, 9.17) is 18.9 Å². The average molecular weight is 698 g/mol. The Hall–Kier alpha value is -3.75. The fourth-order valence-corrected chi connectivity index (χ4v) is 8.93. The molecule has 0 spiro atoms. The van der Waals surface area contributed by atoms with Crippen LogP contribution in [0.4, 0.5) is 0 Å². The van der Waals surface area contributed by atoms with Gasteiger partial charge in [-0.1, -0.05) is 50.2 Å². The van der Waals surface area contributed by atoms with Gasteiger partial charge in [-0.15, -0.1) is 0 Å². The van der Waals surface area contributed by atoms with Crippen molar-refractivity contribution in [2.45, 2.75) is 85.9 Å². The van der Waals surface area contributed by atoms with Crippen LogP contribution in [-0.2, 0) is 24.2 Å². The number of piperidine rings is 1. The molecule has 8 heteroatoms. The third-order valence-electron chi connectivity index (χ3n) is 11.0. The average Bonchev–Trinajstić information content (AvgIpc) is 3.11. The topological polar surface area (TPSA) is 63.7 Å². The van der Waals surface area contributed by atoms with Crippen molar-refractivity contribution in [1.29, 1.82) is 0 Å². The molecule has 0 N–H and O–H groups in total. The highest BCUT2D eigenvalue weighted by molar-refractivity contribution is 5.79. The normalized spacial score (nSPS) is 20.7. The van der Waals surface area contributed by atoms with Crippen molar-refractivity contribution in [3.63, 3.8) is 0 Å². The number of amides is 1. The van der Waals surface area contributed by atoms with E-state index in [2.05, 4.69) is 83.1 Å². The second-order valence-corrected chi connectivity index (χ2v) is 15.0. The number of nitrogens with zero attached hydrogens (tertiary/aromatic N) is 3. The minimum absolute atomic E-state index is 0.141. The molecule has 2 saturated heterocycles. The highest BCUT2D eigenvalue weighted by Gasteiger charge is 2.50. The Labute approximate surface area is 306 Å². The lowest BCUT2D eigenvalue weighted by Crippen LogP contribution is -2.67. The minimum atomic E-state index is -0.141. The van der Waals surface area contributed by atoms with Crippen molar-refractivity contribution < 1.29 is 23.7 Å². The minimum Gasteiger partial charge on any atom is -0.490 e. The summed E-state index contributed by atoms with van der Waals surface area (Å²) in [6.45, 7) is 20.3. The van der Waals surface area contributed by atoms with Crippen molar-refractivity contribution in [2.24, 2.45) is 11.3 Å². The van der Waals surface area contributed by atoms with Crippen LogP contribution in [0.5, 0.6) is 23.0 Å². The maximum Gasteiger partial charge on any atom is 0.237 e. The summed E-state index contributed by atoms with van der Waals surface area (Å²) in [7, 11) is 0. The van der Waals surface area contributed by atoms with E-state index in [-0.39, 0.29) is 17.4 Å². The van der Waals surface area contributed by atoms with Gasteiger partial charge in [0.15, 0.2) is 23.0 Å². The summed E-state index contributed by atoms with van der Waals surface area (Å²) in [6.07, 6.45) is 3.80. The van der Waals surface area contributed by atoms with Crippen LogP contribution in [0.2, 0.25) is 0 Å². The van der Waals surface area contributed by atoms with E-state index in [0.717, 1.165) is 66.7 Å². The standard InChI is InChI=1S/C43H59N3O5/c1-7-48-37-17-16-32(25-38(37)49-8-2)24-36-35-27-40(51-10-4)39(50-9-3)26-34(35)20-23-46(36)41(47)29-45-30-43(5,6)42(45)33-18-21-44(22-19-33)28-31-14-12-11-13-15-31/h11-17,25-27,33,36,42H,7-10,18-24,28-30H2,1-6H3. The van der Waals surface area contributed by atoms with Gasteiger partial charge in [-0.2, -0.15) is 0 Å². The molecule has 6 rings (SSSR count). The number of fused-ring (bicyclic) bond motifs is 1. The molecule has 0 bridgehead atoms. The first-order valence-corrected chi connectivity index (χ1v) is 19.3. The van der Waals surface area contributed by atoms with Crippen LogP contribution in [0.25, 0.3) is 0 Å². The highest BCUT2D eigenvalue weighted by atomic mass is 16.5. The highest BCUT2D eigenvalue weighted by Crippen LogP contribution is 2.45. The van der Waals surface area contributed by atoms with Crippen molar-refractivity contribution in [1.82, 2.24) is 14.7 Å². The zero-order valence-electron chi connectivity index (χ0n) is 31.8. The van der Waals surface area contributed by atoms with E-state index < -0.39 is 0 Å². The van der Waals surface area contributed by atoms with Crippen LogP contribution in [0.15, 0.2) is 60.7 Å². The first-order chi connectivity index (χ1) is 24.7. The summed E-state index contributed by atoms with van der Waals surface area (Å²) < 4.78 is 24.0. The first-order valence-electron chi connectivity index (χ1n) is 19.3. The Morgan fingerprint density at radius 1 is 0.745 bits per heavy atom. The molecule has 0 radical (unpaired) electrons. The van der Waals surface area contributed by atoms with Crippen LogP contribution in [0.1, 0.15) is 82.7 Å². The fourth-order valence-electron chi connectivity index (χ4n) is 8.93. The molecule has 276 valence electrons. The number of hydrogen-bond acceptors (Lipinski definition) is 7. The second-order valence-electron chi connectivity index (χ2n) is 15.0. The largest absolute Gasteiger partial charge is 0.490 e. The summed E-state index contributed by atoms with van der Waals surface area (Å²) in [5.74, 6) is 3.80. The van der Waals surface area contributed by atoms with Crippen LogP contribution in [0.3, 0.4) is 0 Å². The maximum absolute atomic E-state index is 14.6. The monoisotopic (exact) mass is 697 g/mol. The Bertz CT molecular complexity index is 1600. The van der Waals surface area contributed by atoms with Gasteiger partial charge >= 0.3 is 0 Å². The molecule has 51 heavy (non-hydrogen) atoms. The number of likely N-dealkylation sites (tertiary alicyclic amines) is 2. The summed E-state index contributed by atoms with van der Waals surface area (Å²) in [6, 6.07) is 21.5. The molecule has 3 aliphatic heterocycles. The van der Waals surface area contributed by atoms with E-state index in [1.807, 2.05) is 33.8 Å². The van der Waals surface area contributed by atoms with Gasteiger partial charge < -0.3 is 23.8 Å². The van der Waals surface area contributed by atoms with Gasteiger partial charge in [0, 0.05) is 25.7 Å². The van der Waals surface area contributed by atoms with Gasteiger partial charge in [-0.3, -0.25) is 14.6 Å². The van der Waals surface area contributed by atoms with Crippen molar-refractivity contribution in [2.75, 3.05) is 59.2 Å². The zero-order chi connectivity index (χ0) is 36.0. The molecule has 3 aromatic rings. The molecule has 2 unspecified atom stereocenters. The molecule has 2 fully saturated rings. The lowest BCUT2D eigenvalue weighted by Gasteiger charge is -2.59. The van der Waals surface area contributed by atoms with E-state index in [1.54, 1.807) is 0 Å². The smallest absolute Gasteiger partial charge is 0.237 e. The molecular formula is C43H59N3O5. The van der Waals surface area contributed by atoms with Gasteiger partial charge in [0.1, 0.15) is 0 Å². The Kier molecular flexibility index (Phi) is 12.1. The number of benzene rings is 3. The molecule has 8 nitrogen and oxygen atoms in total. The second kappa shape index (κ2) is 16.7. The molecule has 0 saturated carbocycles. The fraction of sp³-hybridized carbons (Fsp3) is 0.558. The summed E-state index contributed by atoms with van der Waals surface area (Å²) in [5.41, 5.74) is 5.04. The van der Waals surface area contributed by atoms with Crippen LogP contribution < -0.4 is 18.9 Å². The predicted octanol–water partition coefficient (Wildman–Crippen LogP) is 7.57. The number of hydrogen-bond donors (Lipinski definition) is 0. The summed E-state index contributed by atoms with van der Waals surface area (Å²) in [4.78, 5) is 21.8. The van der Waals surface area contributed by atoms with Crippen LogP contribution >= 0.6 is 0 Å². The molecule has 1 amide bonds. The van der Waals surface area contributed by atoms with Gasteiger partial charge in [0.25, 0.3) is 0 Å². The molecule has 3 aliphatic rings. The molecule has 0 aliphatic carbocycles. The Balaban J connectivity index is 1.22. The lowest BCUT2D eigenvalue weighted by atomic mass is 9.66. The lowest BCUT2D eigenvalue weighted by molar-refractivity contribution is -0.146. The van der Waals surface area contributed by atoms with Gasteiger partial charge in [-0.05, 0) is 124 Å². The predicted molar refractivity (Wildman–Crippen MR) is 203 cm³/mol. The number of rotatable bonds is 15. The quantitative estimate of drug-likeness (QED) is 0.162. The summed E-state index contributed by atoms with van der Waals surface area (Å²) >= 11 is 0. The van der Waals surface area contributed by atoms with Crippen molar-refractivity contribution >= 4 is 5.91 Å². The van der Waals surface area contributed by atoms with Gasteiger partial charge in [0.05, 0.1) is 39.0 Å². The van der Waals surface area contributed by atoms with E-state index in [0.29, 0.717) is 57.9 Å². The Morgan fingerprint density at radius 3 is 2.02 bits per heavy atom. The molecule has 3 aromatic carbocycles. The van der Waals surface area contributed by atoms with E-state index >= 15 is 0 Å². The SMILES string of the molecule is CCOc1ccc(CC2c3cc(OCC)c(OCC)cc3CCN2C(=O)CN2CC(C)(C)C2C2CCN(Cc3ccccc3)CC2)cc1OCC. The zero-order valence-corrected chi connectivity index (χ0v) is 31.8. The summed E-state index contributed by atoms with van der Waals surface area (Å²) in [5, 5.41) is 0. The van der Waals surface area contributed by atoms with E-state index in [1.165, 1.54) is 24.0 Å².